The lowest BCUT2D eigenvalue weighted by Crippen LogP contribution is -2.30. The van der Waals surface area contributed by atoms with E-state index in [1.165, 1.54) is 14.0 Å². The van der Waals surface area contributed by atoms with Crippen LogP contribution in [-0.2, 0) is 6.42 Å². The van der Waals surface area contributed by atoms with Gasteiger partial charge in [-0.1, -0.05) is 34.1 Å². The van der Waals surface area contributed by atoms with Gasteiger partial charge in [-0.25, -0.2) is 0 Å². The van der Waals surface area contributed by atoms with Crippen molar-refractivity contribution < 1.29 is 0 Å². The molecule has 0 bridgehead atoms. The molecule has 2 aromatic carbocycles. The fourth-order valence-electron chi connectivity index (χ4n) is 1.90. The summed E-state index contributed by atoms with van der Waals surface area (Å²) >= 11 is 7.76. The van der Waals surface area contributed by atoms with Crippen LogP contribution in [0.3, 0.4) is 0 Å². The molecule has 0 aliphatic carbocycles. The van der Waals surface area contributed by atoms with Crippen LogP contribution in [0.2, 0.25) is 0 Å². The van der Waals surface area contributed by atoms with E-state index in [0.29, 0.717) is 6.04 Å². The molecule has 1 atom stereocenters. The topological polar surface area (TPSA) is 12.0 Å². The maximum absolute atomic E-state index is 3.52. The number of likely N-dealkylation sites (N-methyl/N-ethyl adjacent to an activating group) is 1. The Bertz CT molecular complexity index is 544. The number of nitrogens with one attached hydrogen (secondary N) is 1. The first-order chi connectivity index (χ1) is 9.67. The minimum absolute atomic E-state index is 0.485. The van der Waals surface area contributed by atoms with Crippen LogP contribution in [0.4, 0.5) is 0 Å². The van der Waals surface area contributed by atoms with Gasteiger partial charge in [0.2, 0.25) is 0 Å². The fraction of sp³-hybridized carbons (Fsp3) is 0.250. The quantitative estimate of drug-likeness (QED) is 0.481. The second-order valence-corrected chi connectivity index (χ2v) is 7.84. The zero-order valence-electron chi connectivity index (χ0n) is 11.3. The summed E-state index contributed by atoms with van der Waals surface area (Å²) < 4.78 is 2.43. The van der Waals surface area contributed by atoms with Gasteiger partial charge in [-0.05, 0) is 72.0 Å². The lowest BCUT2D eigenvalue weighted by molar-refractivity contribution is 0.617. The first-order valence-electron chi connectivity index (χ1n) is 6.47. The number of thioether (sulfide) groups is 1. The highest BCUT2D eigenvalue weighted by atomic mass is 127. The average Bonchev–Trinajstić information content (AvgIpc) is 2.45. The molecule has 0 fully saturated rings. The Labute approximate surface area is 147 Å². The first-order valence-corrected chi connectivity index (χ1v) is 9.33. The van der Waals surface area contributed by atoms with E-state index in [0.717, 1.165) is 16.6 Å². The molecule has 0 heterocycles. The second kappa shape index (κ2) is 8.41. The Morgan fingerprint density at radius 3 is 2.60 bits per heavy atom. The van der Waals surface area contributed by atoms with Crippen LogP contribution in [0, 0.1) is 3.57 Å². The summed E-state index contributed by atoms with van der Waals surface area (Å²) in [5, 5.41) is 3.42. The van der Waals surface area contributed by atoms with Crippen LogP contribution in [0.25, 0.3) is 0 Å². The van der Waals surface area contributed by atoms with E-state index in [4.69, 9.17) is 0 Å². The summed E-state index contributed by atoms with van der Waals surface area (Å²) in [5.74, 6) is 1.07. The highest BCUT2D eigenvalue weighted by Gasteiger charge is 2.08. The molecule has 0 aliphatic rings. The minimum Gasteiger partial charge on any atom is -0.316 e. The summed E-state index contributed by atoms with van der Waals surface area (Å²) in [6.07, 6.45) is 1.06. The molecule has 2 rings (SSSR count). The normalized spacial score (nSPS) is 12.3. The van der Waals surface area contributed by atoms with Crippen LogP contribution in [0.15, 0.2) is 57.9 Å². The standard InChI is InChI=1S/C16H17BrINS/c1-19-15(9-12-5-7-14(18)8-6-12)11-20-16-4-2-3-13(17)10-16/h2-8,10,15,19H,9,11H2,1H3. The van der Waals surface area contributed by atoms with E-state index in [9.17, 15) is 0 Å². The molecule has 20 heavy (non-hydrogen) atoms. The number of hydrogen-bond acceptors (Lipinski definition) is 2. The Hall–Kier alpha value is -0.0400. The number of hydrogen-bond donors (Lipinski definition) is 1. The third-order valence-corrected chi connectivity index (χ3v) is 5.42. The molecule has 106 valence electrons. The molecule has 0 spiro atoms. The largest absolute Gasteiger partial charge is 0.316 e. The molecule has 4 heteroatoms. The maximum Gasteiger partial charge on any atom is 0.0199 e. The number of halogens is 2. The minimum atomic E-state index is 0.485. The molecule has 1 nitrogen and oxygen atoms in total. The molecule has 0 saturated carbocycles. The van der Waals surface area contributed by atoms with Gasteiger partial charge in [0, 0.05) is 24.7 Å². The molecule has 0 saturated heterocycles. The SMILES string of the molecule is CNC(CSc1cccc(Br)c1)Cc1ccc(I)cc1. The van der Waals surface area contributed by atoms with Crippen molar-refractivity contribution in [2.24, 2.45) is 0 Å². The van der Waals surface area contributed by atoms with Crippen molar-refractivity contribution in [3.63, 3.8) is 0 Å². The van der Waals surface area contributed by atoms with Crippen molar-refractivity contribution >= 4 is 50.3 Å². The molecule has 1 N–H and O–H groups in total. The molecule has 2 aromatic rings. The van der Waals surface area contributed by atoms with Crippen LogP contribution in [0.5, 0.6) is 0 Å². The van der Waals surface area contributed by atoms with Gasteiger partial charge in [-0.3, -0.25) is 0 Å². The number of rotatable bonds is 6. The van der Waals surface area contributed by atoms with Gasteiger partial charge in [-0.15, -0.1) is 11.8 Å². The van der Waals surface area contributed by atoms with Crippen molar-refractivity contribution in [3.8, 4) is 0 Å². The van der Waals surface area contributed by atoms with Gasteiger partial charge in [-0.2, -0.15) is 0 Å². The Morgan fingerprint density at radius 2 is 1.95 bits per heavy atom. The van der Waals surface area contributed by atoms with Crippen LogP contribution in [0.1, 0.15) is 5.56 Å². The summed E-state index contributed by atoms with van der Waals surface area (Å²) in [7, 11) is 2.04. The Morgan fingerprint density at radius 1 is 1.20 bits per heavy atom. The van der Waals surface area contributed by atoms with Gasteiger partial charge >= 0.3 is 0 Å². The van der Waals surface area contributed by atoms with Gasteiger partial charge < -0.3 is 5.32 Å². The molecule has 0 radical (unpaired) electrons. The Balaban J connectivity index is 1.90. The van der Waals surface area contributed by atoms with Crippen molar-refractivity contribution in [1.29, 1.82) is 0 Å². The second-order valence-electron chi connectivity index (χ2n) is 4.58. The zero-order valence-corrected chi connectivity index (χ0v) is 15.8. The van der Waals surface area contributed by atoms with Crippen LogP contribution in [-0.4, -0.2) is 18.8 Å². The van der Waals surface area contributed by atoms with E-state index < -0.39 is 0 Å². The van der Waals surface area contributed by atoms with Gasteiger partial charge in [0.1, 0.15) is 0 Å². The molecular formula is C16H17BrINS. The monoisotopic (exact) mass is 461 g/mol. The van der Waals surface area contributed by atoms with Crippen LogP contribution >= 0.6 is 50.3 Å². The Kier molecular flexibility index (Phi) is 6.87. The molecule has 1 unspecified atom stereocenters. The first kappa shape index (κ1) is 16.3. The van der Waals surface area contributed by atoms with E-state index >= 15 is 0 Å². The summed E-state index contributed by atoms with van der Waals surface area (Å²) in [4.78, 5) is 1.31. The zero-order chi connectivity index (χ0) is 14.4. The smallest absolute Gasteiger partial charge is 0.0199 e. The highest BCUT2D eigenvalue weighted by molar-refractivity contribution is 14.1. The summed E-state index contributed by atoms with van der Waals surface area (Å²) in [6.45, 7) is 0. The lowest BCUT2D eigenvalue weighted by atomic mass is 10.1. The van der Waals surface area contributed by atoms with Gasteiger partial charge in [0.15, 0.2) is 0 Å². The molecular weight excluding hydrogens is 445 g/mol. The molecule has 0 aliphatic heterocycles. The third-order valence-electron chi connectivity index (χ3n) is 3.05. The van der Waals surface area contributed by atoms with Gasteiger partial charge in [0.05, 0.1) is 0 Å². The highest BCUT2D eigenvalue weighted by Crippen LogP contribution is 2.23. The van der Waals surface area contributed by atoms with Gasteiger partial charge in [0.25, 0.3) is 0 Å². The number of benzene rings is 2. The van der Waals surface area contributed by atoms with Crippen molar-refractivity contribution in [1.82, 2.24) is 5.32 Å². The fourth-order valence-corrected chi connectivity index (χ4v) is 3.88. The summed E-state index contributed by atoms with van der Waals surface area (Å²) in [6, 6.07) is 17.7. The van der Waals surface area contributed by atoms with Crippen LogP contribution < -0.4 is 5.32 Å². The van der Waals surface area contributed by atoms with Crippen molar-refractivity contribution in [2.75, 3.05) is 12.8 Å². The third kappa shape index (κ3) is 5.39. The summed E-state index contributed by atoms with van der Waals surface area (Å²) in [5.41, 5.74) is 1.39. The van der Waals surface area contributed by atoms with E-state index in [1.54, 1.807) is 0 Å². The average molecular weight is 462 g/mol. The predicted molar refractivity (Wildman–Crippen MR) is 101 cm³/mol. The van der Waals surface area contributed by atoms with E-state index in [-0.39, 0.29) is 0 Å². The predicted octanol–water partition coefficient (Wildman–Crippen LogP) is 4.98. The van der Waals surface area contributed by atoms with E-state index in [1.807, 2.05) is 18.8 Å². The van der Waals surface area contributed by atoms with E-state index in [2.05, 4.69) is 92.4 Å². The molecule has 0 aromatic heterocycles. The molecule has 0 amide bonds. The maximum atomic E-state index is 3.52. The van der Waals surface area contributed by atoms with Crippen molar-refractivity contribution in [2.45, 2.75) is 17.4 Å². The van der Waals surface area contributed by atoms with Crippen molar-refractivity contribution in [3.05, 3.63) is 62.1 Å². The lowest BCUT2D eigenvalue weighted by Gasteiger charge is -2.16.